The molecule has 6 saturated heterocycles. The van der Waals surface area contributed by atoms with E-state index in [-0.39, 0.29) is 60.7 Å². The topological polar surface area (TPSA) is 355 Å². The molecule has 31 unspecified atom stereocenters. The second-order valence-electron chi connectivity index (χ2n) is 23.2. The van der Waals surface area contributed by atoms with Crippen molar-refractivity contribution in [2.24, 2.45) is 40.4 Å². The molecule has 0 radical (unpaired) electrons. The quantitative estimate of drug-likeness (QED) is 0.0946. The Labute approximate surface area is 423 Å². The van der Waals surface area contributed by atoms with Crippen molar-refractivity contribution >= 4 is 0 Å². The van der Waals surface area contributed by atoms with Gasteiger partial charge >= 0.3 is 0 Å². The van der Waals surface area contributed by atoms with E-state index in [9.17, 15) is 66.4 Å². The number of aliphatic hydroxyl groups excluding tert-OH is 13. The maximum atomic E-state index is 11.6. The largest absolute Gasteiger partial charge is 0.394 e. The Hall–Kier alpha value is -1.44. The first-order chi connectivity index (χ1) is 34.6. The predicted octanol–water partition coefficient (Wildman–Crippen LogP) is -3.46. The molecule has 10 rings (SSSR count). The van der Waals surface area contributed by atoms with Gasteiger partial charge in [0.2, 0.25) is 0 Å². The third kappa shape index (κ3) is 9.04. The summed E-state index contributed by atoms with van der Waals surface area (Å²) >= 11 is 0. The molecule has 0 aromatic carbocycles. The van der Waals surface area contributed by atoms with Crippen molar-refractivity contribution in [3.05, 3.63) is 23.8 Å². The van der Waals surface area contributed by atoms with Gasteiger partial charge in [0.1, 0.15) is 91.6 Å². The van der Waals surface area contributed by atoms with Crippen molar-refractivity contribution < 1.29 is 114 Å². The van der Waals surface area contributed by atoms with Gasteiger partial charge in [-0.3, -0.25) is 0 Å². The van der Waals surface area contributed by atoms with Crippen LogP contribution in [0.2, 0.25) is 0 Å². The number of aliphatic hydroxyl groups is 13. The molecular weight excluding hydrogens is 969 g/mol. The zero-order valence-electron chi connectivity index (χ0n) is 41.6. The first-order valence-electron chi connectivity index (χ1n) is 26.2. The van der Waals surface area contributed by atoms with E-state index in [1.807, 2.05) is 0 Å². The zero-order valence-corrected chi connectivity index (χ0v) is 41.6. The third-order valence-corrected chi connectivity index (χ3v) is 19.3. The van der Waals surface area contributed by atoms with Crippen LogP contribution in [0.25, 0.3) is 0 Å². The minimum absolute atomic E-state index is 0.0222. The predicted molar refractivity (Wildman–Crippen MR) is 244 cm³/mol. The molecule has 23 heteroatoms. The highest BCUT2D eigenvalue weighted by atomic mass is 16.8. The van der Waals surface area contributed by atoms with Crippen molar-refractivity contribution in [3.8, 4) is 0 Å². The zero-order chi connectivity index (χ0) is 52.4. The molecule has 9 fully saturated rings. The lowest BCUT2D eigenvalue weighted by Gasteiger charge is -2.60. The number of allylic oxidation sites excluding steroid dienone is 1. The fraction of sp³-hybridized carbons (Fsp3) is 0.920. The second-order valence-corrected chi connectivity index (χ2v) is 23.2. The highest BCUT2D eigenvalue weighted by molar-refractivity contribution is 5.29. The molecule has 3 saturated carbocycles. The summed E-state index contributed by atoms with van der Waals surface area (Å²) in [5.41, 5.74) is 0.913. The van der Waals surface area contributed by atoms with Crippen LogP contribution < -0.4 is 0 Å². The first kappa shape index (κ1) is 54.9. The Morgan fingerprint density at radius 1 is 0.658 bits per heavy atom. The van der Waals surface area contributed by atoms with Crippen molar-refractivity contribution in [2.45, 2.75) is 220 Å². The Kier molecular flexibility index (Phi) is 15.5. The lowest BCUT2D eigenvalue weighted by molar-refractivity contribution is -0.381. The van der Waals surface area contributed by atoms with Crippen LogP contribution in [0.3, 0.4) is 0 Å². The average Bonchev–Trinajstić information content (AvgIpc) is 3.82. The number of hydrogen-bond acceptors (Lipinski definition) is 23. The van der Waals surface area contributed by atoms with Crippen LogP contribution in [0.5, 0.6) is 0 Å². The number of hydrogen-bond donors (Lipinski definition) is 13. The van der Waals surface area contributed by atoms with Crippen LogP contribution in [-0.4, -0.2) is 240 Å². The van der Waals surface area contributed by atoms with Gasteiger partial charge in [0.15, 0.2) is 30.9 Å². The smallest absolute Gasteiger partial charge is 0.198 e. The highest BCUT2D eigenvalue weighted by Gasteiger charge is 2.72. The maximum absolute atomic E-state index is 11.6. The molecule has 0 aromatic rings. The summed E-state index contributed by atoms with van der Waals surface area (Å²) in [5, 5.41) is 140. The molecule has 6 heterocycles. The van der Waals surface area contributed by atoms with Gasteiger partial charge in [-0.25, -0.2) is 0 Å². The van der Waals surface area contributed by atoms with Crippen LogP contribution >= 0.6 is 0 Å². The molecule has 10 aliphatic rings. The molecule has 13 N–H and O–H groups in total. The van der Waals surface area contributed by atoms with Crippen molar-refractivity contribution in [3.63, 3.8) is 0 Å². The molecule has 0 amide bonds. The van der Waals surface area contributed by atoms with Gasteiger partial charge in [0, 0.05) is 24.2 Å². The van der Waals surface area contributed by atoms with Gasteiger partial charge in [0.05, 0.1) is 50.8 Å². The summed E-state index contributed by atoms with van der Waals surface area (Å²) in [4.78, 5) is 0. The van der Waals surface area contributed by atoms with E-state index in [2.05, 4.69) is 33.4 Å². The summed E-state index contributed by atoms with van der Waals surface area (Å²) in [5.74, 6) is -1.04. The van der Waals surface area contributed by atoms with E-state index < -0.39 is 159 Å². The molecule has 0 aromatic heterocycles. The normalized spacial score (nSPS) is 57.2. The number of fused-ring (bicyclic) bond motifs is 7. The Balaban J connectivity index is 0.863. The monoisotopic (exact) mass is 1050 g/mol. The molecule has 4 aliphatic carbocycles. The summed E-state index contributed by atoms with van der Waals surface area (Å²) in [7, 11) is 0. The first-order valence-corrected chi connectivity index (χ1v) is 26.2. The van der Waals surface area contributed by atoms with Crippen LogP contribution in [0.4, 0.5) is 0 Å². The van der Waals surface area contributed by atoms with Crippen LogP contribution in [0, 0.1) is 40.4 Å². The minimum atomic E-state index is -1.85. The molecule has 23 nitrogen and oxygen atoms in total. The Morgan fingerprint density at radius 2 is 1.27 bits per heavy atom. The van der Waals surface area contributed by atoms with Crippen molar-refractivity contribution in [1.29, 1.82) is 0 Å². The van der Waals surface area contributed by atoms with E-state index in [1.165, 1.54) is 6.92 Å². The number of rotatable bonds is 10. The molecular formula is C50H78O23. The summed E-state index contributed by atoms with van der Waals surface area (Å²) < 4.78 is 62.4. The second kappa shape index (κ2) is 20.7. The van der Waals surface area contributed by atoms with Gasteiger partial charge < -0.3 is 114 Å². The maximum Gasteiger partial charge on any atom is 0.198 e. The van der Waals surface area contributed by atoms with Gasteiger partial charge in [0.25, 0.3) is 0 Å². The van der Waals surface area contributed by atoms with Crippen molar-refractivity contribution in [2.75, 3.05) is 26.4 Å². The standard InChI is InChI=1S/C50H78O23/c1-18-10-31(70-44-39(61)37(59)35(57)28(14-51)67-44)50(65-16-18)19(2)32-27(73-50)13-25-23-7-6-21-11-22(53)12-30(49(21,5)24(23)8-9-48(25,32)4)69-47-43(34(56)26(54)17-64-47)72-46-41(63)42(33(55)20(3)66-46)71-45-40(62)38(60)36(58)29(15-52)68-45/h6,19-20,22-47,51-63H,1,7-17H2,2-5H3. The van der Waals surface area contributed by atoms with E-state index in [4.69, 9.17) is 47.4 Å². The summed E-state index contributed by atoms with van der Waals surface area (Å²) in [6, 6.07) is 0. The van der Waals surface area contributed by atoms with Gasteiger partial charge in [-0.05, 0) is 73.7 Å². The molecule has 1 spiro atoms. The minimum Gasteiger partial charge on any atom is -0.394 e. The summed E-state index contributed by atoms with van der Waals surface area (Å²) in [6.07, 6.45) is -25.7. The van der Waals surface area contributed by atoms with E-state index in [0.29, 0.717) is 19.3 Å². The van der Waals surface area contributed by atoms with Gasteiger partial charge in [-0.15, -0.1) is 0 Å². The van der Waals surface area contributed by atoms with Gasteiger partial charge in [-0.2, -0.15) is 0 Å². The average molecular weight is 1050 g/mol. The van der Waals surface area contributed by atoms with Gasteiger partial charge in [-0.1, -0.05) is 39.0 Å². The van der Waals surface area contributed by atoms with E-state index in [0.717, 1.165) is 30.4 Å². The molecule has 73 heavy (non-hydrogen) atoms. The Bertz CT molecular complexity index is 2000. The molecule has 416 valence electrons. The van der Waals surface area contributed by atoms with Crippen LogP contribution in [-0.2, 0) is 47.4 Å². The van der Waals surface area contributed by atoms with Crippen LogP contribution in [0.15, 0.2) is 23.8 Å². The van der Waals surface area contributed by atoms with Crippen molar-refractivity contribution in [1.82, 2.24) is 0 Å². The van der Waals surface area contributed by atoms with Crippen LogP contribution in [0.1, 0.15) is 72.6 Å². The third-order valence-electron chi connectivity index (χ3n) is 19.3. The molecule has 31 atom stereocenters. The lowest BCUT2D eigenvalue weighted by Crippen LogP contribution is -2.65. The fourth-order valence-electron chi connectivity index (χ4n) is 15.2. The molecule has 0 bridgehead atoms. The SMILES string of the molecule is C=C1COC2(OC3CC4C5CC=C6CC(O)CC(OC7OCC(O)C(O)C7OC7OC(C)C(O)C(OC8OC(CO)C(O)C(O)C8O)C7O)C6(C)C5CCC4(C)C3C2C)C(OC2OC(CO)C(O)C(O)C2O)C1. The lowest BCUT2D eigenvalue weighted by atomic mass is 9.46. The number of ether oxygens (including phenoxy) is 10. The fourth-order valence-corrected chi connectivity index (χ4v) is 15.2. The molecule has 6 aliphatic heterocycles. The summed E-state index contributed by atoms with van der Waals surface area (Å²) in [6.45, 7) is 10.8. The highest BCUT2D eigenvalue weighted by Crippen LogP contribution is 2.71. The Morgan fingerprint density at radius 3 is 1.93 bits per heavy atom. The van der Waals surface area contributed by atoms with E-state index >= 15 is 0 Å². The van der Waals surface area contributed by atoms with E-state index in [1.54, 1.807) is 0 Å².